The lowest BCUT2D eigenvalue weighted by molar-refractivity contribution is -0.117. The van der Waals surface area contributed by atoms with Gasteiger partial charge >= 0.3 is 0 Å². The third-order valence-electron chi connectivity index (χ3n) is 4.85. The molecule has 0 unspecified atom stereocenters. The number of nitrogens with one attached hydrogen (secondary N) is 2. The summed E-state index contributed by atoms with van der Waals surface area (Å²) in [5.41, 5.74) is 2.32. The van der Waals surface area contributed by atoms with E-state index in [9.17, 15) is 4.79 Å². The highest BCUT2D eigenvalue weighted by Crippen LogP contribution is 2.31. The van der Waals surface area contributed by atoms with Gasteiger partial charge in [0.25, 0.3) is 0 Å². The van der Waals surface area contributed by atoms with E-state index in [4.69, 9.17) is 0 Å². The summed E-state index contributed by atoms with van der Waals surface area (Å²) in [6.07, 6.45) is 8.84. The molecule has 8 nitrogen and oxygen atoms in total. The molecule has 5 rings (SSSR count). The fourth-order valence-electron chi connectivity index (χ4n) is 3.11. The van der Waals surface area contributed by atoms with Gasteiger partial charge in [-0.3, -0.25) is 9.20 Å². The van der Waals surface area contributed by atoms with Crippen molar-refractivity contribution in [2.45, 2.75) is 12.8 Å². The second-order valence-corrected chi connectivity index (χ2v) is 6.91. The zero-order chi connectivity index (χ0) is 19.8. The number of aromatic nitrogens is 5. The number of anilines is 2. The maximum absolute atomic E-state index is 12.1. The fourth-order valence-corrected chi connectivity index (χ4v) is 3.11. The molecule has 0 radical (unpaired) electrons. The molecular formula is C21H17N7O. The number of rotatable bonds is 3. The van der Waals surface area contributed by atoms with Crippen LogP contribution in [0, 0.1) is 17.8 Å². The maximum atomic E-state index is 12.1. The molecule has 1 fully saturated rings. The number of amides is 1. The molecular weight excluding hydrogens is 366 g/mol. The van der Waals surface area contributed by atoms with Crippen LogP contribution < -0.4 is 10.6 Å². The standard InChI is InChI=1S/C21H17N7O/c1-22-20-17-11-23-18(26-21(29)14-4-5-14)9-16(17)15(10-24-20)3-2-13-6-7-28-12-25-27-19(28)8-13/h6-12,14H,4-5H2,1H3,(H,22,24)(H,23,26,29). The summed E-state index contributed by atoms with van der Waals surface area (Å²) < 4.78 is 1.82. The van der Waals surface area contributed by atoms with Crippen LogP contribution in [0.3, 0.4) is 0 Å². The normalized spacial score (nSPS) is 13.1. The molecule has 1 saturated carbocycles. The number of nitrogens with zero attached hydrogens (tertiary/aromatic N) is 5. The molecule has 4 heterocycles. The van der Waals surface area contributed by atoms with Gasteiger partial charge in [-0.15, -0.1) is 10.2 Å². The van der Waals surface area contributed by atoms with Crippen molar-refractivity contribution in [3.05, 3.63) is 54.2 Å². The Bertz CT molecular complexity index is 1310. The van der Waals surface area contributed by atoms with E-state index in [1.165, 1.54) is 0 Å². The van der Waals surface area contributed by atoms with Crippen LogP contribution in [-0.2, 0) is 4.79 Å². The maximum Gasteiger partial charge on any atom is 0.228 e. The van der Waals surface area contributed by atoms with Gasteiger partial charge in [0.05, 0.1) is 5.56 Å². The first-order valence-corrected chi connectivity index (χ1v) is 9.30. The first-order chi connectivity index (χ1) is 14.2. The van der Waals surface area contributed by atoms with Gasteiger partial charge < -0.3 is 10.6 Å². The molecule has 0 spiro atoms. The molecule has 142 valence electrons. The predicted molar refractivity (Wildman–Crippen MR) is 109 cm³/mol. The number of hydrogen-bond acceptors (Lipinski definition) is 6. The van der Waals surface area contributed by atoms with Crippen molar-refractivity contribution in [2.24, 2.45) is 5.92 Å². The molecule has 1 aliphatic rings. The minimum Gasteiger partial charge on any atom is -0.373 e. The average molecular weight is 383 g/mol. The van der Waals surface area contributed by atoms with Crippen molar-refractivity contribution < 1.29 is 4.79 Å². The van der Waals surface area contributed by atoms with E-state index in [1.54, 1.807) is 18.7 Å². The largest absolute Gasteiger partial charge is 0.373 e. The summed E-state index contributed by atoms with van der Waals surface area (Å²) in [6.45, 7) is 0. The van der Waals surface area contributed by atoms with Crippen LogP contribution in [0.15, 0.2) is 43.1 Å². The molecule has 1 aliphatic carbocycles. The molecule has 2 N–H and O–H groups in total. The lowest BCUT2D eigenvalue weighted by atomic mass is 10.1. The molecule has 0 atom stereocenters. The highest BCUT2D eigenvalue weighted by Gasteiger charge is 2.29. The second kappa shape index (κ2) is 6.87. The van der Waals surface area contributed by atoms with Crippen LogP contribution in [0.4, 0.5) is 11.6 Å². The lowest BCUT2D eigenvalue weighted by Crippen LogP contribution is -2.14. The van der Waals surface area contributed by atoms with E-state index in [-0.39, 0.29) is 11.8 Å². The topological polar surface area (TPSA) is 97.1 Å². The Labute approximate surface area is 166 Å². The highest BCUT2D eigenvalue weighted by atomic mass is 16.2. The van der Waals surface area contributed by atoms with Gasteiger partial charge in [-0.2, -0.15) is 0 Å². The van der Waals surface area contributed by atoms with Gasteiger partial charge in [0, 0.05) is 47.9 Å². The summed E-state index contributed by atoms with van der Waals surface area (Å²) in [4.78, 5) is 20.9. The van der Waals surface area contributed by atoms with E-state index in [0.717, 1.165) is 40.4 Å². The van der Waals surface area contributed by atoms with Crippen LogP contribution in [0.1, 0.15) is 24.0 Å². The summed E-state index contributed by atoms with van der Waals surface area (Å²) in [7, 11) is 1.81. The third kappa shape index (κ3) is 3.34. The summed E-state index contributed by atoms with van der Waals surface area (Å²) >= 11 is 0. The highest BCUT2D eigenvalue weighted by molar-refractivity contribution is 5.99. The zero-order valence-electron chi connectivity index (χ0n) is 15.7. The van der Waals surface area contributed by atoms with Crippen LogP contribution in [-0.4, -0.2) is 37.5 Å². The van der Waals surface area contributed by atoms with Gasteiger partial charge in [0.1, 0.15) is 18.0 Å². The van der Waals surface area contributed by atoms with Crippen molar-refractivity contribution in [1.29, 1.82) is 0 Å². The summed E-state index contributed by atoms with van der Waals surface area (Å²) in [5, 5.41) is 15.6. The smallest absolute Gasteiger partial charge is 0.228 e. The Morgan fingerprint density at radius 2 is 2.07 bits per heavy atom. The minimum atomic E-state index is 0.0222. The SMILES string of the molecule is CNc1ncc(C#Cc2ccn3cnnc3c2)c2cc(NC(=O)C3CC3)ncc12. The van der Waals surface area contributed by atoms with E-state index in [2.05, 4.69) is 42.6 Å². The van der Waals surface area contributed by atoms with Gasteiger partial charge in [0.2, 0.25) is 5.91 Å². The molecule has 29 heavy (non-hydrogen) atoms. The Morgan fingerprint density at radius 3 is 2.90 bits per heavy atom. The fraction of sp³-hybridized carbons (Fsp3) is 0.190. The van der Waals surface area contributed by atoms with Crippen molar-refractivity contribution in [2.75, 3.05) is 17.7 Å². The second-order valence-electron chi connectivity index (χ2n) is 6.91. The Morgan fingerprint density at radius 1 is 1.17 bits per heavy atom. The van der Waals surface area contributed by atoms with Crippen molar-refractivity contribution >= 4 is 34.0 Å². The predicted octanol–water partition coefficient (Wildman–Crippen LogP) is 2.46. The van der Waals surface area contributed by atoms with Gasteiger partial charge in [0.15, 0.2) is 5.65 Å². The number of hydrogen-bond donors (Lipinski definition) is 2. The molecule has 4 aromatic heterocycles. The van der Waals surface area contributed by atoms with Crippen LogP contribution >= 0.6 is 0 Å². The first kappa shape index (κ1) is 17.1. The Kier molecular flexibility index (Phi) is 4.06. The monoisotopic (exact) mass is 383 g/mol. The number of pyridine rings is 3. The van der Waals surface area contributed by atoms with E-state index in [1.807, 2.05) is 35.8 Å². The Balaban J connectivity index is 1.55. The molecule has 0 bridgehead atoms. The third-order valence-corrected chi connectivity index (χ3v) is 4.85. The van der Waals surface area contributed by atoms with Gasteiger partial charge in [-0.25, -0.2) is 9.97 Å². The van der Waals surface area contributed by atoms with Gasteiger partial charge in [-0.05, 0) is 31.0 Å². The van der Waals surface area contributed by atoms with Crippen molar-refractivity contribution in [3.8, 4) is 11.8 Å². The molecule has 4 aromatic rings. The Hall–Kier alpha value is -3.99. The average Bonchev–Trinajstić information content (AvgIpc) is 3.50. The number of fused-ring (bicyclic) bond motifs is 2. The summed E-state index contributed by atoms with van der Waals surface area (Å²) in [5.74, 6) is 7.72. The zero-order valence-corrected chi connectivity index (χ0v) is 15.7. The van der Waals surface area contributed by atoms with Crippen LogP contribution in [0.2, 0.25) is 0 Å². The molecule has 0 aromatic carbocycles. The summed E-state index contributed by atoms with van der Waals surface area (Å²) in [6, 6.07) is 5.63. The number of carbonyl (C=O) groups excluding carboxylic acids is 1. The minimum absolute atomic E-state index is 0.0222. The van der Waals surface area contributed by atoms with E-state index < -0.39 is 0 Å². The van der Waals surface area contributed by atoms with Crippen molar-refractivity contribution in [1.82, 2.24) is 24.6 Å². The molecule has 1 amide bonds. The van der Waals surface area contributed by atoms with E-state index >= 15 is 0 Å². The van der Waals surface area contributed by atoms with Crippen LogP contribution in [0.5, 0.6) is 0 Å². The van der Waals surface area contributed by atoms with Crippen LogP contribution in [0.25, 0.3) is 16.4 Å². The lowest BCUT2D eigenvalue weighted by Gasteiger charge is -2.09. The first-order valence-electron chi connectivity index (χ1n) is 9.30. The quantitative estimate of drug-likeness (QED) is 0.528. The molecule has 8 heteroatoms. The van der Waals surface area contributed by atoms with E-state index in [0.29, 0.717) is 11.6 Å². The number of carbonyl (C=O) groups is 1. The molecule has 0 saturated heterocycles. The molecule has 0 aliphatic heterocycles. The van der Waals surface area contributed by atoms with Gasteiger partial charge in [-0.1, -0.05) is 11.8 Å². The van der Waals surface area contributed by atoms with Crippen molar-refractivity contribution in [3.63, 3.8) is 0 Å².